The maximum Gasteiger partial charge on any atom is 0.294 e. The monoisotopic (exact) mass is 587 g/mol. The van der Waals surface area contributed by atoms with Crippen molar-refractivity contribution < 1.29 is 9.66 Å². The van der Waals surface area contributed by atoms with Gasteiger partial charge >= 0.3 is 0 Å². The number of amidine groups is 1. The van der Waals surface area contributed by atoms with Crippen LogP contribution in [0.3, 0.4) is 0 Å². The van der Waals surface area contributed by atoms with Crippen LogP contribution in [0.5, 0.6) is 5.75 Å². The fraction of sp³-hybridized carbons (Fsp3) is 0.429. The SMILES string of the molecule is C=N/C=C(Cl)\C(=N/CNc1cc([N+](=O)[O-])c(N2CCN(CC)CC2)cc1OC)NC1=C(SC(C)C)C=CCC=C1. The summed E-state index contributed by atoms with van der Waals surface area (Å²) in [4.78, 5) is 25.5. The number of piperazine rings is 1. The average molecular weight is 588 g/mol. The van der Waals surface area contributed by atoms with Crippen LogP contribution in [0.1, 0.15) is 27.2 Å². The highest BCUT2D eigenvalue weighted by atomic mass is 35.5. The molecule has 0 bridgehead atoms. The number of thioether (sulfide) groups is 1. The van der Waals surface area contributed by atoms with E-state index in [0.717, 1.165) is 36.7 Å². The van der Waals surface area contributed by atoms with Gasteiger partial charge in [0.2, 0.25) is 0 Å². The number of hydrogen-bond donors (Lipinski definition) is 2. The number of hydrogen-bond acceptors (Lipinski definition) is 9. The van der Waals surface area contributed by atoms with Gasteiger partial charge in [-0.25, -0.2) is 4.99 Å². The quantitative estimate of drug-likeness (QED) is 0.138. The van der Waals surface area contributed by atoms with E-state index >= 15 is 0 Å². The Morgan fingerprint density at radius 1 is 1.27 bits per heavy atom. The van der Waals surface area contributed by atoms with Gasteiger partial charge in [-0.05, 0) is 25.8 Å². The van der Waals surface area contributed by atoms with E-state index in [1.807, 2.05) is 11.0 Å². The van der Waals surface area contributed by atoms with E-state index in [2.05, 4.69) is 71.2 Å². The molecule has 0 unspecified atom stereocenters. The summed E-state index contributed by atoms with van der Waals surface area (Å²) in [5.74, 6) is 0.880. The number of anilines is 2. The van der Waals surface area contributed by atoms with Gasteiger partial charge in [-0.1, -0.05) is 50.6 Å². The van der Waals surface area contributed by atoms with Gasteiger partial charge in [0, 0.05) is 54.7 Å². The molecule has 1 aliphatic heterocycles. The molecule has 216 valence electrons. The summed E-state index contributed by atoms with van der Waals surface area (Å²) in [6.07, 6.45) is 10.5. The normalized spacial score (nSPS) is 16.8. The molecule has 0 aromatic heterocycles. The Morgan fingerprint density at radius 2 is 2.00 bits per heavy atom. The van der Waals surface area contributed by atoms with E-state index in [0.29, 0.717) is 41.3 Å². The van der Waals surface area contributed by atoms with Crippen molar-refractivity contribution in [3.63, 3.8) is 0 Å². The number of nitrogens with one attached hydrogen (secondary N) is 2. The first-order valence-electron chi connectivity index (χ1n) is 13.2. The van der Waals surface area contributed by atoms with Crippen molar-refractivity contribution >= 4 is 53.0 Å². The molecule has 2 N–H and O–H groups in total. The van der Waals surface area contributed by atoms with Gasteiger partial charge < -0.3 is 25.2 Å². The Morgan fingerprint density at radius 3 is 2.62 bits per heavy atom. The Labute approximate surface area is 245 Å². The van der Waals surface area contributed by atoms with Crippen LogP contribution < -0.4 is 20.3 Å². The molecule has 0 amide bonds. The second kappa shape index (κ2) is 15.5. The fourth-order valence-electron chi connectivity index (χ4n) is 4.29. The summed E-state index contributed by atoms with van der Waals surface area (Å²) in [5, 5.41) is 19.2. The van der Waals surface area contributed by atoms with Crippen molar-refractivity contribution in [2.75, 3.05) is 56.7 Å². The van der Waals surface area contributed by atoms with Crippen molar-refractivity contribution in [3.05, 3.63) is 68.4 Å². The van der Waals surface area contributed by atoms with E-state index in [9.17, 15) is 10.1 Å². The lowest BCUT2D eigenvalue weighted by atomic mass is 10.1. The maximum absolute atomic E-state index is 12.0. The predicted molar refractivity (Wildman–Crippen MR) is 169 cm³/mol. The molecular weight excluding hydrogens is 550 g/mol. The van der Waals surface area contributed by atoms with Crippen molar-refractivity contribution in [1.29, 1.82) is 0 Å². The van der Waals surface area contributed by atoms with E-state index in [1.165, 1.54) is 12.3 Å². The summed E-state index contributed by atoms with van der Waals surface area (Å²) in [6.45, 7) is 14.0. The number of allylic oxidation sites excluding steroid dienone is 4. The highest BCUT2D eigenvalue weighted by Crippen LogP contribution is 2.38. The van der Waals surface area contributed by atoms with Crippen LogP contribution in [-0.4, -0.2) is 74.1 Å². The lowest BCUT2D eigenvalue weighted by Gasteiger charge is -2.35. The van der Waals surface area contributed by atoms with Crippen molar-refractivity contribution in [3.8, 4) is 5.75 Å². The molecule has 2 aliphatic rings. The number of aliphatic imine (C=N–C) groups is 2. The van der Waals surface area contributed by atoms with Crippen molar-refractivity contribution in [1.82, 2.24) is 10.2 Å². The summed E-state index contributed by atoms with van der Waals surface area (Å²) in [5.41, 5.74) is 1.89. The molecule has 10 nitrogen and oxygen atoms in total. The first-order chi connectivity index (χ1) is 19.3. The molecule has 12 heteroatoms. The van der Waals surface area contributed by atoms with Gasteiger partial charge in [0.25, 0.3) is 5.69 Å². The van der Waals surface area contributed by atoms with Gasteiger partial charge in [-0.2, -0.15) is 0 Å². The highest BCUT2D eigenvalue weighted by molar-refractivity contribution is 8.03. The second-order valence-electron chi connectivity index (χ2n) is 9.33. The third kappa shape index (κ3) is 8.61. The zero-order chi connectivity index (χ0) is 29.1. The van der Waals surface area contributed by atoms with Crippen LogP contribution in [-0.2, 0) is 0 Å². The molecule has 0 radical (unpaired) electrons. The summed E-state index contributed by atoms with van der Waals surface area (Å²) >= 11 is 8.24. The number of nitro groups is 1. The molecule has 0 saturated carbocycles. The van der Waals surface area contributed by atoms with Gasteiger partial charge in [-0.3, -0.25) is 15.1 Å². The van der Waals surface area contributed by atoms with Gasteiger partial charge in [0.15, 0.2) is 0 Å². The number of methoxy groups -OCH3 is 1. The smallest absolute Gasteiger partial charge is 0.294 e. The minimum absolute atomic E-state index is 0.0141. The topological polar surface area (TPSA) is 108 Å². The molecule has 0 atom stereocenters. The summed E-state index contributed by atoms with van der Waals surface area (Å²) < 4.78 is 5.61. The Hall–Kier alpha value is -3.28. The first-order valence-corrected chi connectivity index (χ1v) is 14.5. The van der Waals surface area contributed by atoms with Crippen LogP contribution in [0.15, 0.2) is 68.3 Å². The van der Waals surface area contributed by atoms with E-state index in [-0.39, 0.29) is 22.3 Å². The molecular formula is C28H38ClN7O3S. The molecule has 0 spiro atoms. The first kappa shape index (κ1) is 31.3. The summed E-state index contributed by atoms with van der Waals surface area (Å²) in [7, 11) is 1.54. The van der Waals surface area contributed by atoms with Crippen molar-refractivity contribution in [2.24, 2.45) is 9.98 Å². The average Bonchev–Trinajstić information content (AvgIpc) is 3.16. The van der Waals surface area contributed by atoms with Crippen LogP contribution >= 0.6 is 23.4 Å². The minimum atomic E-state index is -0.357. The number of likely N-dealkylation sites (N-methyl/N-ethyl adjacent to an activating group) is 1. The molecule has 40 heavy (non-hydrogen) atoms. The Balaban J connectivity index is 1.88. The van der Waals surface area contributed by atoms with Crippen LogP contribution in [0.2, 0.25) is 0 Å². The number of benzene rings is 1. The number of ether oxygens (including phenoxy) is 1. The lowest BCUT2D eigenvalue weighted by molar-refractivity contribution is -0.384. The Kier molecular flexibility index (Phi) is 12.1. The largest absolute Gasteiger partial charge is 0.495 e. The number of rotatable bonds is 12. The molecule has 1 fully saturated rings. The standard InChI is InChI=1S/C28H38ClN7O3S/c1-6-34-12-14-35(15-13-34)24-17-26(39-5)23(16-25(24)36(37)38)31-19-32-28(21(29)18-30-4)33-22-10-8-7-9-11-27(22)40-20(2)3/h8-11,16-18,20,31H,4,6-7,12-15,19H2,1-3,5H3,(H,32,33)/b21-18+. The zero-order valence-electron chi connectivity index (χ0n) is 23.5. The number of nitro benzene ring substituents is 1. The van der Waals surface area contributed by atoms with Crippen molar-refractivity contribution in [2.45, 2.75) is 32.4 Å². The highest BCUT2D eigenvalue weighted by Gasteiger charge is 2.26. The zero-order valence-corrected chi connectivity index (χ0v) is 25.1. The number of halogens is 1. The van der Waals surface area contributed by atoms with E-state index in [1.54, 1.807) is 24.9 Å². The van der Waals surface area contributed by atoms with Gasteiger partial charge in [-0.15, -0.1) is 11.8 Å². The number of nitrogens with zero attached hydrogens (tertiary/aromatic N) is 5. The summed E-state index contributed by atoms with van der Waals surface area (Å²) in [6, 6.07) is 3.23. The van der Waals surface area contributed by atoms with Crippen LogP contribution in [0.4, 0.5) is 17.1 Å². The van der Waals surface area contributed by atoms with E-state index in [4.69, 9.17) is 16.3 Å². The molecule has 1 aromatic rings. The third-order valence-corrected chi connectivity index (χ3v) is 7.66. The molecule has 1 saturated heterocycles. The molecule has 1 aliphatic carbocycles. The fourth-order valence-corrected chi connectivity index (χ4v) is 5.39. The van der Waals surface area contributed by atoms with Gasteiger partial charge in [0.05, 0.1) is 23.4 Å². The van der Waals surface area contributed by atoms with Crippen LogP contribution in [0.25, 0.3) is 0 Å². The Bertz CT molecular complexity index is 1220. The molecule has 3 rings (SSSR count). The maximum atomic E-state index is 12.0. The predicted octanol–water partition coefficient (Wildman–Crippen LogP) is 5.75. The lowest BCUT2D eigenvalue weighted by Crippen LogP contribution is -2.46. The molecule has 1 heterocycles. The minimum Gasteiger partial charge on any atom is -0.495 e. The van der Waals surface area contributed by atoms with Crippen LogP contribution in [0, 0.1) is 10.1 Å². The molecule has 1 aromatic carbocycles. The van der Waals surface area contributed by atoms with E-state index < -0.39 is 0 Å². The van der Waals surface area contributed by atoms with Gasteiger partial charge in [0.1, 0.15) is 29.0 Å². The third-order valence-electron chi connectivity index (χ3n) is 6.30. The second-order valence-corrected chi connectivity index (χ2v) is 11.4.